The summed E-state index contributed by atoms with van der Waals surface area (Å²) in [5.41, 5.74) is 1.12. The van der Waals surface area contributed by atoms with Crippen LogP contribution in [0.2, 0.25) is 0 Å². The van der Waals surface area contributed by atoms with Crippen LogP contribution < -0.4 is 4.90 Å². The SMILES string of the molecule is O=C(OC(C(F)(F)F)C(F)(F)F)N1CCN(Cc2ccc(N3CCOCC3)cc2F)CC1. The zero-order valence-corrected chi connectivity index (χ0v) is 16.9. The molecule has 1 aromatic carbocycles. The van der Waals surface area contributed by atoms with Crippen molar-refractivity contribution in [1.29, 1.82) is 0 Å². The van der Waals surface area contributed by atoms with E-state index in [1.807, 2.05) is 4.90 Å². The van der Waals surface area contributed by atoms with Gasteiger partial charge >= 0.3 is 18.4 Å². The lowest BCUT2D eigenvalue weighted by Crippen LogP contribution is -2.52. The van der Waals surface area contributed by atoms with Gasteiger partial charge in [0.05, 0.1) is 13.2 Å². The molecule has 2 heterocycles. The Hall–Kier alpha value is -2.28. The average Bonchev–Trinajstić information content (AvgIpc) is 2.73. The van der Waals surface area contributed by atoms with E-state index in [4.69, 9.17) is 4.74 Å². The van der Waals surface area contributed by atoms with Crippen molar-refractivity contribution in [2.45, 2.75) is 25.0 Å². The predicted octanol–water partition coefficient (Wildman–Crippen LogP) is 3.41. The van der Waals surface area contributed by atoms with Crippen LogP contribution in [0.5, 0.6) is 0 Å². The smallest absolute Gasteiger partial charge is 0.426 e. The fraction of sp³-hybridized carbons (Fsp3) is 0.632. The maximum Gasteiger partial charge on any atom is 0.434 e. The molecule has 2 aliphatic heterocycles. The molecule has 0 unspecified atom stereocenters. The van der Waals surface area contributed by atoms with Crippen molar-refractivity contribution in [2.75, 3.05) is 57.4 Å². The van der Waals surface area contributed by atoms with Crippen molar-refractivity contribution in [3.05, 3.63) is 29.6 Å². The number of halogens is 7. The molecular weight excluding hydrogens is 451 g/mol. The van der Waals surface area contributed by atoms with E-state index in [0.717, 1.165) is 10.6 Å². The second-order valence-corrected chi connectivity index (χ2v) is 7.49. The highest BCUT2D eigenvalue weighted by Gasteiger charge is 2.60. The molecule has 6 nitrogen and oxygen atoms in total. The summed E-state index contributed by atoms with van der Waals surface area (Å²) in [6, 6.07) is 4.84. The number of anilines is 1. The minimum atomic E-state index is -5.76. The van der Waals surface area contributed by atoms with Gasteiger partial charge in [-0.05, 0) is 12.1 Å². The molecular formula is C19H22F7N3O3. The van der Waals surface area contributed by atoms with Gasteiger partial charge in [-0.2, -0.15) is 26.3 Å². The molecule has 1 amide bonds. The van der Waals surface area contributed by atoms with Crippen LogP contribution in [0, 0.1) is 5.82 Å². The molecule has 32 heavy (non-hydrogen) atoms. The van der Waals surface area contributed by atoms with Gasteiger partial charge in [0.15, 0.2) is 0 Å². The van der Waals surface area contributed by atoms with E-state index in [9.17, 15) is 35.5 Å². The molecule has 180 valence electrons. The maximum atomic E-state index is 14.5. The lowest BCUT2D eigenvalue weighted by Gasteiger charge is -2.35. The van der Waals surface area contributed by atoms with Crippen LogP contribution >= 0.6 is 0 Å². The number of hydrogen-bond acceptors (Lipinski definition) is 5. The zero-order chi connectivity index (χ0) is 23.5. The Morgan fingerprint density at radius 1 is 0.969 bits per heavy atom. The number of alkyl halides is 6. The highest BCUT2D eigenvalue weighted by atomic mass is 19.4. The summed E-state index contributed by atoms with van der Waals surface area (Å²) in [6.45, 7) is 2.60. The normalized spacial score (nSPS) is 18.9. The number of ether oxygens (including phenoxy) is 2. The maximum absolute atomic E-state index is 14.5. The minimum Gasteiger partial charge on any atom is -0.426 e. The Morgan fingerprint density at radius 3 is 2.09 bits per heavy atom. The fourth-order valence-electron chi connectivity index (χ4n) is 3.51. The molecule has 13 heteroatoms. The van der Waals surface area contributed by atoms with E-state index in [2.05, 4.69) is 4.74 Å². The highest BCUT2D eigenvalue weighted by molar-refractivity contribution is 5.68. The summed E-state index contributed by atoms with van der Waals surface area (Å²) in [7, 11) is 0. The summed E-state index contributed by atoms with van der Waals surface area (Å²) >= 11 is 0. The molecule has 3 rings (SSSR count). The standard InChI is InChI=1S/C19H22F7N3O3/c20-15-11-14(28-7-9-31-10-8-28)2-1-13(15)12-27-3-5-29(6-4-27)17(30)32-16(18(21,22)23)19(24,25)26/h1-2,11,16H,3-10,12H2. The molecule has 1 aromatic rings. The van der Waals surface area contributed by atoms with E-state index in [1.54, 1.807) is 17.0 Å². The van der Waals surface area contributed by atoms with E-state index < -0.39 is 30.4 Å². The number of hydrogen-bond donors (Lipinski definition) is 0. The molecule has 0 atom stereocenters. The fourth-order valence-corrected chi connectivity index (χ4v) is 3.51. The van der Waals surface area contributed by atoms with Gasteiger partial charge in [-0.3, -0.25) is 4.90 Å². The summed E-state index contributed by atoms with van der Waals surface area (Å²) < 4.78 is 98.9. The molecule has 0 aromatic heterocycles. The summed E-state index contributed by atoms with van der Waals surface area (Å²) in [5, 5.41) is 0. The first-order chi connectivity index (χ1) is 14.9. The Labute approximate surface area is 179 Å². The third-order valence-electron chi connectivity index (χ3n) is 5.25. The van der Waals surface area contributed by atoms with Gasteiger partial charge in [0.25, 0.3) is 6.10 Å². The number of carbonyl (C=O) groups is 1. The molecule has 0 aliphatic carbocycles. The number of amides is 1. The van der Waals surface area contributed by atoms with Crippen LogP contribution in [0.25, 0.3) is 0 Å². The van der Waals surface area contributed by atoms with Crippen molar-refractivity contribution in [2.24, 2.45) is 0 Å². The van der Waals surface area contributed by atoms with Gasteiger partial charge < -0.3 is 19.3 Å². The Balaban J connectivity index is 1.53. The van der Waals surface area contributed by atoms with Gasteiger partial charge in [0.2, 0.25) is 0 Å². The van der Waals surface area contributed by atoms with E-state index in [1.165, 1.54) is 6.07 Å². The van der Waals surface area contributed by atoms with Gasteiger partial charge in [0, 0.05) is 57.1 Å². The molecule has 2 saturated heterocycles. The molecule has 0 saturated carbocycles. The van der Waals surface area contributed by atoms with Crippen LogP contribution in [0.3, 0.4) is 0 Å². The first kappa shape index (κ1) is 24.4. The highest BCUT2D eigenvalue weighted by Crippen LogP contribution is 2.36. The second kappa shape index (κ2) is 9.69. The number of rotatable bonds is 4. The summed E-state index contributed by atoms with van der Waals surface area (Å²) in [4.78, 5) is 16.3. The van der Waals surface area contributed by atoms with Crippen LogP contribution in [0.4, 0.5) is 41.2 Å². The van der Waals surface area contributed by atoms with Crippen molar-refractivity contribution >= 4 is 11.8 Å². The zero-order valence-electron chi connectivity index (χ0n) is 16.9. The van der Waals surface area contributed by atoms with Crippen LogP contribution in [-0.2, 0) is 16.0 Å². The van der Waals surface area contributed by atoms with Crippen molar-refractivity contribution in [3.8, 4) is 0 Å². The quantitative estimate of drug-likeness (QED) is 0.628. The van der Waals surface area contributed by atoms with Gasteiger partial charge in [-0.15, -0.1) is 0 Å². The van der Waals surface area contributed by atoms with E-state index in [-0.39, 0.29) is 32.7 Å². The van der Waals surface area contributed by atoms with Crippen LogP contribution in [0.15, 0.2) is 18.2 Å². The third kappa shape index (κ3) is 6.15. The number of carbonyl (C=O) groups excluding carboxylic acids is 1. The van der Waals surface area contributed by atoms with Gasteiger partial charge in [0.1, 0.15) is 5.82 Å². The molecule has 0 bridgehead atoms. The topological polar surface area (TPSA) is 45.2 Å². The number of benzene rings is 1. The molecule has 0 spiro atoms. The average molecular weight is 473 g/mol. The van der Waals surface area contributed by atoms with Crippen molar-refractivity contribution in [3.63, 3.8) is 0 Å². The predicted molar refractivity (Wildman–Crippen MR) is 98.7 cm³/mol. The number of nitrogens with zero attached hydrogens (tertiary/aromatic N) is 3. The summed E-state index contributed by atoms with van der Waals surface area (Å²) in [6.07, 6.45) is -17.4. The first-order valence-corrected chi connectivity index (χ1v) is 9.87. The Morgan fingerprint density at radius 2 is 1.56 bits per heavy atom. The third-order valence-corrected chi connectivity index (χ3v) is 5.25. The van der Waals surface area contributed by atoms with Gasteiger partial charge in [-0.1, -0.05) is 6.07 Å². The molecule has 2 fully saturated rings. The lowest BCUT2D eigenvalue weighted by atomic mass is 10.1. The second-order valence-electron chi connectivity index (χ2n) is 7.49. The van der Waals surface area contributed by atoms with E-state index >= 15 is 0 Å². The number of piperazine rings is 1. The van der Waals surface area contributed by atoms with Crippen molar-refractivity contribution < 1.29 is 45.0 Å². The van der Waals surface area contributed by atoms with E-state index in [0.29, 0.717) is 31.9 Å². The Kier molecular flexibility index (Phi) is 7.38. The lowest BCUT2D eigenvalue weighted by molar-refractivity contribution is -0.308. The Bertz CT molecular complexity index is 775. The molecule has 2 aliphatic rings. The van der Waals surface area contributed by atoms with Crippen LogP contribution in [0.1, 0.15) is 5.56 Å². The monoisotopic (exact) mass is 473 g/mol. The van der Waals surface area contributed by atoms with Gasteiger partial charge in [-0.25, -0.2) is 9.18 Å². The summed E-state index contributed by atoms with van der Waals surface area (Å²) in [5.74, 6) is -0.422. The molecule has 0 N–H and O–H groups in total. The van der Waals surface area contributed by atoms with Crippen LogP contribution in [-0.4, -0.2) is 86.8 Å². The first-order valence-electron chi connectivity index (χ1n) is 9.87. The largest absolute Gasteiger partial charge is 0.434 e. The number of morpholine rings is 1. The van der Waals surface area contributed by atoms with Crippen molar-refractivity contribution in [1.82, 2.24) is 9.80 Å². The molecule has 0 radical (unpaired) electrons. The minimum absolute atomic E-state index is 0.141.